The van der Waals surface area contributed by atoms with Crippen LogP contribution in [0, 0.1) is 5.92 Å². The lowest BCUT2D eigenvalue weighted by atomic mass is 9.85. The molecule has 0 radical (unpaired) electrons. The summed E-state index contributed by atoms with van der Waals surface area (Å²) in [5.41, 5.74) is 0. The minimum Gasteiger partial charge on any atom is -0.207 e. The van der Waals surface area contributed by atoms with Gasteiger partial charge in [0.2, 0.25) is 10.0 Å². The van der Waals surface area contributed by atoms with Gasteiger partial charge in [-0.15, -0.1) is 0 Å². The number of halogens is 1. The minimum absolute atomic E-state index is 0.0905. The van der Waals surface area contributed by atoms with Crippen molar-refractivity contribution in [1.82, 2.24) is 4.31 Å². The Bertz CT molecular complexity index is 694. The van der Waals surface area contributed by atoms with Crippen LogP contribution in [0.15, 0.2) is 34.1 Å². The van der Waals surface area contributed by atoms with Crippen LogP contribution in [0.3, 0.4) is 0 Å². The maximum absolute atomic E-state index is 12.5. The summed E-state index contributed by atoms with van der Waals surface area (Å²) in [5, 5.41) is 0. The van der Waals surface area contributed by atoms with Crippen molar-refractivity contribution in [3.8, 4) is 0 Å². The predicted octanol–water partition coefficient (Wildman–Crippen LogP) is 2.42. The number of hydrogen-bond acceptors (Lipinski definition) is 4. The van der Waals surface area contributed by atoms with E-state index in [4.69, 9.17) is 10.7 Å². The van der Waals surface area contributed by atoms with Crippen molar-refractivity contribution in [2.75, 3.05) is 13.1 Å². The van der Waals surface area contributed by atoms with Crippen LogP contribution in [-0.4, -0.2) is 34.2 Å². The van der Waals surface area contributed by atoms with Crippen LogP contribution >= 0.6 is 10.7 Å². The van der Waals surface area contributed by atoms with Crippen molar-refractivity contribution in [2.24, 2.45) is 5.92 Å². The van der Waals surface area contributed by atoms with Crippen molar-refractivity contribution in [1.29, 1.82) is 0 Å². The molecular formula is C13H18ClNO4S2. The fourth-order valence-electron chi connectivity index (χ4n) is 2.28. The molecule has 0 saturated heterocycles. The molecule has 1 aliphatic rings. The van der Waals surface area contributed by atoms with E-state index in [1.54, 1.807) is 6.92 Å². The van der Waals surface area contributed by atoms with Gasteiger partial charge in [0.05, 0.1) is 9.79 Å². The average Bonchev–Trinajstić information content (AvgIpc) is 2.36. The van der Waals surface area contributed by atoms with Gasteiger partial charge in [0.15, 0.2) is 0 Å². The molecule has 0 spiro atoms. The fraction of sp³-hybridized carbons (Fsp3) is 0.538. The molecule has 1 aliphatic carbocycles. The lowest BCUT2D eigenvalue weighted by molar-refractivity contribution is 0.250. The van der Waals surface area contributed by atoms with Crippen LogP contribution in [0.2, 0.25) is 0 Å². The Labute approximate surface area is 130 Å². The van der Waals surface area contributed by atoms with Gasteiger partial charge in [-0.3, -0.25) is 0 Å². The number of benzene rings is 1. The smallest absolute Gasteiger partial charge is 0.207 e. The maximum Gasteiger partial charge on any atom is 0.261 e. The highest BCUT2D eigenvalue weighted by atomic mass is 35.7. The first-order valence-corrected chi connectivity index (χ1v) is 10.5. The van der Waals surface area contributed by atoms with E-state index in [0.717, 1.165) is 19.3 Å². The van der Waals surface area contributed by atoms with Crippen LogP contribution in [0.25, 0.3) is 0 Å². The lowest BCUT2D eigenvalue weighted by Gasteiger charge is -2.31. The molecule has 0 amide bonds. The third-order valence-electron chi connectivity index (χ3n) is 3.78. The van der Waals surface area contributed by atoms with E-state index >= 15 is 0 Å². The molecule has 0 aliphatic heterocycles. The third kappa shape index (κ3) is 3.77. The number of hydrogen-bond donors (Lipinski definition) is 0. The van der Waals surface area contributed by atoms with Crippen LogP contribution in [-0.2, 0) is 19.1 Å². The van der Waals surface area contributed by atoms with E-state index in [0.29, 0.717) is 19.0 Å². The van der Waals surface area contributed by atoms with Gasteiger partial charge in [-0.25, -0.2) is 16.8 Å². The van der Waals surface area contributed by atoms with Crippen molar-refractivity contribution in [3.63, 3.8) is 0 Å². The SMILES string of the molecule is CCN(CC1CCC1)S(=O)(=O)c1ccc(S(=O)(=O)Cl)cc1. The molecule has 0 heterocycles. The number of rotatable bonds is 6. The van der Waals surface area contributed by atoms with Crippen LogP contribution in [0.5, 0.6) is 0 Å². The predicted molar refractivity (Wildman–Crippen MR) is 81.3 cm³/mol. The van der Waals surface area contributed by atoms with Crippen molar-refractivity contribution in [2.45, 2.75) is 36.0 Å². The summed E-state index contributed by atoms with van der Waals surface area (Å²) in [6.07, 6.45) is 3.29. The van der Waals surface area contributed by atoms with E-state index in [2.05, 4.69) is 0 Å². The molecule has 2 rings (SSSR count). The second-order valence-electron chi connectivity index (χ2n) is 5.16. The van der Waals surface area contributed by atoms with Crippen LogP contribution in [0.1, 0.15) is 26.2 Å². The summed E-state index contributed by atoms with van der Waals surface area (Å²) in [6.45, 7) is 2.72. The van der Waals surface area contributed by atoms with Gasteiger partial charge in [-0.05, 0) is 43.0 Å². The van der Waals surface area contributed by atoms with E-state index in [9.17, 15) is 16.8 Å². The minimum atomic E-state index is -3.84. The Hall–Kier alpha value is -0.630. The lowest BCUT2D eigenvalue weighted by Crippen LogP contribution is -2.37. The normalized spacial score (nSPS) is 16.9. The molecule has 0 N–H and O–H groups in total. The van der Waals surface area contributed by atoms with Gasteiger partial charge in [-0.2, -0.15) is 4.31 Å². The fourth-order valence-corrected chi connectivity index (χ4v) is 4.58. The van der Waals surface area contributed by atoms with Gasteiger partial charge < -0.3 is 0 Å². The van der Waals surface area contributed by atoms with Crippen molar-refractivity contribution in [3.05, 3.63) is 24.3 Å². The Morgan fingerprint density at radius 1 is 1.10 bits per heavy atom. The third-order valence-corrected chi connectivity index (χ3v) is 7.11. The van der Waals surface area contributed by atoms with E-state index in [1.807, 2.05) is 0 Å². The zero-order valence-corrected chi connectivity index (χ0v) is 14.1. The second-order valence-corrected chi connectivity index (χ2v) is 9.67. The van der Waals surface area contributed by atoms with Gasteiger partial charge in [0.1, 0.15) is 0 Å². The van der Waals surface area contributed by atoms with E-state index in [1.165, 1.54) is 28.6 Å². The van der Waals surface area contributed by atoms with Gasteiger partial charge in [0.25, 0.3) is 9.05 Å². The largest absolute Gasteiger partial charge is 0.261 e. The van der Waals surface area contributed by atoms with Crippen molar-refractivity contribution < 1.29 is 16.8 Å². The summed E-state index contributed by atoms with van der Waals surface area (Å²) in [5.74, 6) is 0.433. The Balaban J connectivity index is 2.24. The molecule has 0 unspecified atom stereocenters. The molecule has 1 aromatic carbocycles. The van der Waals surface area contributed by atoms with Gasteiger partial charge >= 0.3 is 0 Å². The van der Waals surface area contributed by atoms with Crippen LogP contribution < -0.4 is 0 Å². The topological polar surface area (TPSA) is 71.5 Å². The zero-order valence-electron chi connectivity index (χ0n) is 11.7. The molecule has 1 fully saturated rings. The summed E-state index contributed by atoms with van der Waals surface area (Å²) >= 11 is 0. The molecule has 5 nitrogen and oxygen atoms in total. The Morgan fingerprint density at radius 2 is 1.62 bits per heavy atom. The molecule has 1 saturated carbocycles. The average molecular weight is 352 g/mol. The first kappa shape index (κ1) is 16.7. The van der Waals surface area contributed by atoms with Crippen molar-refractivity contribution >= 4 is 29.8 Å². The van der Waals surface area contributed by atoms with Gasteiger partial charge in [-0.1, -0.05) is 13.3 Å². The monoisotopic (exact) mass is 351 g/mol. The molecule has 1 aromatic rings. The highest BCUT2D eigenvalue weighted by Crippen LogP contribution is 2.29. The highest BCUT2D eigenvalue weighted by Gasteiger charge is 2.28. The summed E-state index contributed by atoms with van der Waals surface area (Å²) in [4.78, 5) is -0.0158. The maximum atomic E-state index is 12.5. The molecule has 0 aromatic heterocycles. The molecule has 0 bridgehead atoms. The highest BCUT2D eigenvalue weighted by molar-refractivity contribution is 8.13. The molecule has 8 heteroatoms. The van der Waals surface area contributed by atoms with E-state index in [-0.39, 0.29) is 9.79 Å². The summed E-state index contributed by atoms with van der Waals surface area (Å²) in [6, 6.07) is 5.00. The second kappa shape index (κ2) is 6.24. The van der Waals surface area contributed by atoms with Gasteiger partial charge in [0, 0.05) is 23.8 Å². The zero-order chi connectivity index (χ0) is 15.7. The van der Waals surface area contributed by atoms with E-state index < -0.39 is 19.1 Å². The molecule has 0 atom stereocenters. The first-order valence-electron chi connectivity index (χ1n) is 6.80. The molecule has 21 heavy (non-hydrogen) atoms. The first-order chi connectivity index (χ1) is 9.75. The molecule has 118 valence electrons. The van der Waals surface area contributed by atoms with Crippen LogP contribution in [0.4, 0.5) is 0 Å². The Morgan fingerprint density at radius 3 is 2.00 bits per heavy atom. The molecular weight excluding hydrogens is 334 g/mol. The number of sulfonamides is 1. The number of nitrogens with zero attached hydrogens (tertiary/aromatic N) is 1. The standard InChI is InChI=1S/C13H18ClNO4S2/c1-2-15(10-11-4-3-5-11)21(18,19)13-8-6-12(7-9-13)20(14,16)17/h6-9,11H,2-5,10H2,1H3. The quantitative estimate of drug-likeness (QED) is 0.738. The summed E-state index contributed by atoms with van der Waals surface area (Å²) < 4.78 is 48.9. The Kier molecular flexibility index (Phi) is 4.97. The summed E-state index contributed by atoms with van der Waals surface area (Å²) in [7, 11) is -2.21.